The minimum atomic E-state index is 0.500. The smallest absolute Gasteiger partial charge is 0.165 e. The quantitative estimate of drug-likeness (QED) is 0.671. The third-order valence-corrected chi connectivity index (χ3v) is 3.54. The van der Waals surface area contributed by atoms with Gasteiger partial charge in [0, 0.05) is 36.9 Å². The Bertz CT molecular complexity index is 426. The van der Waals surface area contributed by atoms with Crippen molar-refractivity contribution in [3.8, 4) is 11.5 Å². The average Bonchev–Trinajstić information content (AvgIpc) is 2.49. The Hall–Kier alpha value is -0.970. The van der Waals surface area contributed by atoms with Gasteiger partial charge in [-0.25, -0.2) is 0 Å². The van der Waals surface area contributed by atoms with E-state index in [0.717, 1.165) is 24.3 Å². The summed E-state index contributed by atoms with van der Waals surface area (Å²) in [5, 5.41) is 3.95. The molecule has 1 atom stereocenters. The van der Waals surface area contributed by atoms with Crippen LogP contribution < -0.4 is 14.8 Å². The van der Waals surface area contributed by atoms with Gasteiger partial charge in [-0.15, -0.1) is 0 Å². The normalized spacial score (nSPS) is 12.2. The molecular formula is C16H26ClNO3. The molecule has 0 saturated heterocycles. The Labute approximate surface area is 132 Å². The third kappa shape index (κ3) is 6.12. The molecule has 0 aliphatic carbocycles. The standard InChI is InChI=1S/C16H26ClNO3/c1-5-12(2)11-21-16-13(10-18-6-7-19-3)8-14(17)9-15(16)20-4/h8-9,12,18H,5-7,10-11H2,1-4H3. The first-order chi connectivity index (χ1) is 10.1. The van der Waals surface area contributed by atoms with Gasteiger partial charge in [0.1, 0.15) is 0 Å². The van der Waals surface area contributed by atoms with Gasteiger partial charge in [-0.3, -0.25) is 0 Å². The highest BCUT2D eigenvalue weighted by molar-refractivity contribution is 6.30. The molecule has 4 nitrogen and oxygen atoms in total. The number of rotatable bonds is 10. The molecule has 0 amide bonds. The van der Waals surface area contributed by atoms with Crippen molar-refractivity contribution in [2.24, 2.45) is 5.92 Å². The minimum absolute atomic E-state index is 0.500. The van der Waals surface area contributed by atoms with E-state index in [0.29, 0.717) is 36.4 Å². The molecule has 1 aromatic rings. The molecule has 0 saturated carbocycles. The van der Waals surface area contributed by atoms with Crippen molar-refractivity contribution >= 4 is 11.6 Å². The molecule has 0 fully saturated rings. The maximum absolute atomic E-state index is 6.14. The van der Waals surface area contributed by atoms with Crippen molar-refractivity contribution < 1.29 is 14.2 Å². The fourth-order valence-corrected chi connectivity index (χ4v) is 2.04. The van der Waals surface area contributed by atoms with Crippen LogP contribution in [0.3, 0.4) is 0 Å². The molecule has 1 rings (SSSR count). The maximum Gasteiger partial charge on any atom is 0.165 e. The molecular weight excluding hydrogens is 290 g/mol. The lowest BCUT2D eigenvalue weighted by Crippen LogP contribution is -2.19. The molecule has 0 bridgehead atoms. The predicted molar refractivity (Wildman–Crippen MR) is 86.5 cm³/mol. The second-order valence-electron chi connectivity index (χ2n) is 5.09. The lowest BCUT2D eigenvalue weighted by atomic mass is 10.1. The topological polar surface area (TPSA) is 39.7 Å². The Morgan fingerprint density at radius 2 is 2.05 bits per heavy atom. The van der Waals surface area contributed by atoms with Crippen molar-refractivity contribution in [3.63, 3.8) is 0 Å². The van der Waals surface area contributed by atoms with Gasteiger partial charge in [0.25, 0.3) is 0 Å². The third-order valence-electron chi connectivity index (χ3n) is 3.32. The Balaban J connectivity index is 2.83. The highest BCUT2D eigenvalue weighted by atomic mass is 35.5. The van der Waals surface area contributed by atoms with Crippen LogP contribution in [0.5, 0.6) is 11.5 Å². The fourth-order valence-electron chi connectivity index (χ4n) is 1.81. The van der Waals surface area contributed by atoms with Crippen molar-refractivity contribution in [1.29, 1.82) is 0 Å². The van der Waals surface area contributed by atoms with Crippen LogP contribution in [0.15, 0.2) is 12.1 Å². The van der Waals surface area contributed by atoms with Gasteiger partial charge in [-0.05, 0) is 12.0 Å². The van der Waals surface area contributed by atoms with Crippen LogP contribution in [0.2, 0.25) is 5.02 Å². The zero-order chi connectivity index (χ0) is 15.7. The van der Waals surface area contributed by atoms with Crippen molar-refractivity contribution in [3.05, 3.63) is 22.7 Å². The largest absolute Gasteiger partial charge is 0.493 e. The van der Waals surface area contributed by atoms with Crippen LogP contribution in [0.4, 0.5) is 0 Å². The van der Waals surface area contributed by atoms with Gasteiger partial charge < -0.3 is 19.5 Å². The highest BCUT2D eigenvalue weighted by Gasteiger charge is 2.14. The average molecular weight is 316 g/mol. The van der Waals surface area contributed by atoms with Crippen LogP contribution in [0, 0.1) is 5.92 Å². The fraction of sp³-hybridized carbons (Fsp3) is 0.625. The van der Waals surface area contributed by atoms with Gasteiger partial charge >= 0.3 is 0 Å². The van der Waals surface area contributed by atoms with E-state index in [1.165, 1.54) is 0 Å². The molecule has 21 heavy (non-hydrogen) atoms. The monoisotopic (exact) mass is 315 g/mol. The molecule has 120 valence electrons. The molecule has 0 radical (unpaired) electrons. The summed E-state index contributed by atoms with van der Waals surface area (Å²) in [5.41, 5.74) is 0.999. The summed E-state index contributed by atoms with van der Waals surface area (Å²) >= 11 is 6.14. The molecule has 0 aliphatic rings. The number of halogens is 1. The zero-order valence-corrected chi connectivity index (χ0v) is 14.1. The van der Waals surface area contributed by atoms with Gasteiger partial charge in [-0.2, -0.15) is 0 Å². The van der Waals surface area contributed by atoms with E-state index in [4.69, 9.17) is 25.8 Å². The Morgan fingerprint density at radius 3 is 2.67 bits per heavy atom. The summed E-state index contributed by atoms with van der Waals surface area (Å²) in [6.07, 6.45) is 1.08. The molecule has 5 heteroatoms. The van der Waals surface area contributed by atoms with E-state index in [1.807, 2.05) is 6.07 Å². The van der Waals surface area contributed by atoms with Gasteiger partial charge in [0.15, 0.2) is 11.5 Å². The highest BCUT2D eigenvalue weighted by Crippen LogP contribution is 2.35. The lowest BCUT2D eigenvalue weighted by molar-refractivity contribution is 0.198. The van der Waals surface area contributed by atoms with Crippen LogP contribution >= 0.6 is 11.6 Å². The summed E-state index contributed by atoms with van der Waals surface area (Å²) in [6.45, 7) is 7.09. The summed E-state index contributed by atoms with van der Waals surface area (Å²) in [7, 11) is 3.31. The first-order valence-corrected chi connectivity index (χ1v) is 7.69. The summed E-state index contributed by atoms with van der Waals surface area (Å²) in [4.78, 5) is 0. The van der Waals surface area contributed by atoms with Crippen LogP contribution in [0.25, 0.3) is 0 Å². The van der Waals surface area contributed by atoms with Crippen molar-refractivity contribution in [1.82, 2.24) is 5.32 Å². The van der Waals surface area contributed by atoms with E-state index in [1.54, 1.807) is 20.3 Å². The number of hydrogen-bond acceptors (Lipinski definition) is 4. The number of benzene rings is 1. The Kier molecular flexibility index (Phi) is 8.50. The predicted octanol–water partition coefficient (Wildman–Crippen LogP) is 3.51. The molecule has 1 unspecified atom stereocenters. The van der Waals surface area contributed by atoms with Crippen LogP contribution in [-0.4, -0.2) is 34.0 Å². The second-order valence-corrected chi connectivity index (χ2v) is 5.53. The molecule has 0 aromatic heterocycles. The first kappa shape index (κ1) is 18.1. The van der Waals surface area contributed by atoms with Crippen molar-refractivity contribution in [2.75, 3.05) is 34.0 Å². The Morgan fingerprint density at radius 1 is 1.29 bits per heavy atom. The van der Waals surface area contributed by atoms with E-state index in [9.17, 15) is 0 Å². The molecule has 0 aliphatic heterocycles. The van der Waals surface area contributed by atoms with Gasteiger partial charge in [-0.1, -0.05) is 31.9 Å². The summed E-state index contributed by atoms with van der Waals surface area (Å²) in [5.74, 6) is 1.95. The number of nitrogens with one attached hydrogen (secondary N) is 1. The van der Waals surface area contributed by atoms with E-state index in [2.05, 4.69) is 19.2 Å². The van der Waals surface area contributed by atoms with E-state index in [-0.39, 0.29) is 0 Å². The number of ether oxygens (including phenoxy) is 3. The van der Waals surface area contributed by atoms with Crippen LogP contribution in [0.1, 0.15) is 25.8 Å². The first-order valence-electron chi connectivity index (χ1n) is 7.31. The van der Waals surface area contributed by atoms with Gasteiger partial charge in [0.2, 0.25) is 0 Å². The van der Waals surface area contributed by atoms with Gasteiger partial charge in [0.05, 0.1) is 20.3 Å². The van der Waals surface area contributed by atoms with E-state index >= 15 is 0 Å². The SMILES string of the molecule is CCC(C)COc1c(CNCCOC)cc(Cl)cc1OC. The maximum atomic E-state index is 6.14. The van der Waals surface area contributed by atoms with Crippen molar-refractivity contribution in [2.45, 2.75) is 26.8 Å². The van der Waals surface area contributed by atoms with E-state index < -0.39 is 0 Å². The molecule has 1 aromatic carbocycles. The summed E-state index contributed by atoms with van der Waals surface area (Å²) < 4.78 is 16.4. The molecule has 0 heterocycles. The minimum Gasteiger partial charge on any atom is -0.493 e. The molecule has 1 N–H and O–H groups in total. The zero-order valence-electron chi connectivity index (χ0n) is 13.4. The number of methoxy groups -OCH3 is 2. The summed E-state index contributed by atoms with van der Waals surface area (Å²) in [6, 6.07) is 3.70. The second kappa shape index (κ2) is 9.87. The lowest BCUT2D eigenvalue weighted by Gasteiger charge is -2.18. The number of hydrogen-bond donors (Lipinski definition) is 1. The van der Waals surface area contributed by atoms with Crippen LogP contribution in [-0.2, 0) is 11.3 Å². The molecule has 0 spiro atoms.